The Morgan fingerprint density at radius 1 is 1.71 bits per heavy atom. The fourth-order valence-corrected chi connectivity index (χ4v) is 0.312. The highest BCUT2D eigenvalue weighted by Crippen LogP contribution is 1.89. The van der Waals surface area contributed by atoms with Gasteiger partial charge < -0.3 is 0 Å². The highest BCUT2D eigenvalue weighted by molar-refractivity contribution is 6.18. The molecule has 0 aromatic heterocycles. The summed E-state index contributed by atoms with van der Waals surface area (Å²) in [5.74, 6) is 0. The van der Waals surface area contributed by atoms with E-state index in [4.69, 9.17) is 11.8 Å². The number of hydrazone groups is 2. The molecule has 0 amide bonds. The summed E-state index contributed by atoms with van der Waals surface area (Å²) in [5, 5.41) is 7.07. The molecule has 0 saturated carbocycles. The van der Waals surface area contributed by atoms with E-state index in [9.17, 15) is 0 Å². The molecule has 0 saturated heterocycles. The lowest BCUT2D eigenvalue weighted by Gasteiger charge is -2.03. The van der Waals surface area contributed by atoms with E-state index in [-0.39, 0.29) is 0 Å². The zero-order valence-corrected chi connectivity index (χ0v) is 4.13. The van der Waals surface area contributed by atoms with Crippen molar-refractivity contribution in [3.05, 3.63) is 0 Å². The number of nitrogens with zero attached hydrogens (tertiary/aromatic N) is 3. The average Bonchev–Trinajstić information content (AvgIpc) is 1.69. The Bertz CT molecular complexity index is 96.3. The van der Waals surface area contributed by atoms with Crippen molar-refractivity contribution in [3.8, 4) is 0 Å². The van der Waals surface area contributed by atoms with E-state index < -0.39 is 0 Å². The topological polar surface area (TPSA) is 40.0 Å². The van der Waals surface area contributed by atoms with Gasteiger partial charge in [-0.25, -0.2) is 0 Å². The average molecular weight is 119 g/mol. The van der Waals surface area contributed by atoms with Gasteiger partial charge in [-0.3, -0.25) is 5.43 Å². The summed E-state index contributed by atoms with van der Waals surface area (Å²) in [6.07, 6.45) is 2.73. The van der Waals surface area contributed by atoms with Crippen LogP contribution in [0.25, 0.3) is 0 Å². The quantitative estimate of drug-likeness (QED) is 0.453. The van der Waals surface area contributed by atoms with E-state index in [1.54, 1.807) is 0 Å². The molecule has 5 heteroatoms. The number of hydrogen-bond acceptors (Lipinski definition) is 4. The van der Waals surface area contributed by atoms with E-state index in [0.29, 0.717) is 0 Å². The van der Waals surface area contributed by atoms with Crippen molar-refractivity contribution in [2.45, 2.75) is 0 Å². The summed E-state index contributed by atoms with van der Waals surface area (Å²) in [5.41, 5.74) is 2.47. The molecule has 0 spiro atoms. The molecule has 0 fully saturated rings. The van der Waals surface area contributed by atoms with E-state index >= 15 is 0 Å². The molecule has 0 bridgehead atoms. The standard InChI is InChI=1S/C2H3ClN4/c3-7-2-5-4-1-6-7/h1-2H,(H,4,6). The first-order valence-electron chi connectivity index (χ1n) is 1.66. The second-order valence-corrected chi connectivity index (χ2v) is 1.25. The van der Waals surface area contributed by atoms with Crippen LogP contribution in [0.2, 0.25) is 0 Å². The Hall–Kier alpha value is -0.770. The fourth-order valence-electron chi connectivity index (χ4n) is 0.225. The zero-order valence-electron chi connectivity index (χ0n) is 3.37. The molecule has 7 heavy (non-hydrogen) atoms. The Balaban J connectivity index is 2.49. The van der Waals surface area contributed by atoms with Gasteiger partial charge in [0.25, 0.3) is 0 Å². The van der Waals surface area contributed by atoms with Gasteiger partial charge in [-0.1, -0.05) is 0 Å². The molecule has 0 unspecified atom stereocenters. The summed E-state index contributed by atoms with van der Waals surface area (Å²) < 4.78 is 1.08. The van der Waals surface area contributed by atoms with Gasteiger partial charge in [-0.2, -0.15) is 9.63 Å². The van der Waals surface area contributed by atoms with Gasteiger partial charge in [-0.05, 0) is 0 Å². The van der Waals surface area contributed by atoms with E-state index in [0.717, 1.165) is 4.53 Å². The molecule has 1 heterocycles. The van der Waals surface area contributed by atoms with Crippen molar-refractivity contribution in [3.63, 3.8) is 0 Å². The molecule has 0 aliphatic carbocycles. The first-order valence-corrected chi connectivity index (χ1v) is 1.99. The Kier molecular flexibility index (Phi) is 1.12. The van der Waals surface area contributed by atoms with Gasteiger partial charge in [-0.15, -0.1) is 5.10 Å². The van der Waals surface area contributed by atoms with E-state index in [1.165, 1.54) is 12.7 Å². The van der Waals surface area contributed by atoms with E-state index in [1.807, 2.05) is 0 Å². The van der Waals surface area contributed by atoms with Gasteiger partial charge in [0.05, 0.1) is 0 Å². The SMILES string of the molecule is ClN1C=NNC=N1. The lowest BCUT2D eigenvalue weighted by Crippen LogP contribution is -2.15. The number of halogens is 1. The summed E-state index contributed by atoms with van der Waals surface area (Å²) in [6, 6.07) is 0. The molecular formula is C2H3ClN4. The van der Waals surface area contributed by atoms with Gasteiger partial charge in [0.2, 0.25) is 0 Å². The van der Waals surface area contributed by atoms with Crippen LogP contribution in [-0.4, -0.2) is 17.2 Å². The number of nitrogens with one attached hydrogen (secondary N) is 1. The monoisotopic (exact) mass is 118 g/mol. The van der Waals surface area contributed by atoms with Crippen LogP contribution in [0.1, 0.15) is 0 Å². The van der Waals surface area contributed by atoms with Crippen molar-refractivity contribution in [1.29, 1.82) is 0 Å². The van der Waals surface area contributed by atoms with Crippen molar-refractivity contribution < 1.29 is 0 Å². The first kappa shape index (κ1) is 4.39. The van der Waals surface area contributed by atoms with E-state index in [2.05, 4.69) is 15.6 Å². The fraction of sp³-hybridized carbons (Fsp3) is 0. The summed E-state index contributed by atoms with van der Waals surface area (Å²) in [7, 11) is 0. The number of hydrogen-bond donors (Lipinski definition) is 1. The van der Waals surface area contributed by atoms with Crippen LogP contribution in [0.5, 0.6) is 0 Å². The van der Waals surface area contributed by atoms with Gasteiger partial charge in [0.1, 0.15) is 6.34 Å². The summed E-state index contributed by atoms with van der Waals surface area (Å²) in [6.45, 7) is 0. The summed E-state index contributed by atoms with van der Waals surface area (Å²) in [4.78, 5) is 0. The predicted octanol–water partition coefficient (Wildman–Crippen LogP) is -0.0680. The van der Waals surface area contributed by atoms with Crippen molar-refractivity contribution in [2.24, 2.45) is 10.2 Å². The molecular weight excluding hydrogens is 116 g/mol. The molecule has 0 aromatic carbocycles. The predicted molar refractivity (Wildman–Crippen MR) is 27.8 cm³/mol. The third-order valence-electron chi connectivity index (χ3n) is 0.453. The minimum absolute atomic E-state index is 1.08. The highest BCUT2D eigenvalue weighted by Gasteiger charge is 1.88. The highest BCUT2D eigenvalue weighted by atomic mass is 35.5. The largest absolute Gasteiger partial charge is 0.264 e. The van der Waals surface area contributed by atoms with Crippen LogP contribution in [-0.2, 0) is 0 Å². The van der Waals surface area contributed by atoms with Crippen LogP contribution < -0.4 is 5.43 Å². The van der Waals surface area contributed by atoms with Crippen LogP contribution in [0.4, 0.5) is 0 Å². The summed E-state index contributed by atoms with van der Waals surface area (Å²) >= 11 is 5.26. The van der Waals surface area contributed by atoms with Gasteiger partial charge in [0, 0.05) is 11.8 Å². The van der Waals surface area contributed by atoms with Crippen LogP contribution >= 0.6 is 11.8 Å². The Morgan fingerprint density at radius 3 is 2.86 bits per heavy atom. The lowest BCUT2D eigenvalue weighted by atomic mass is 11.2. The molecule has 1 rings (SSSR count). The van der Waals surface area contributed by atoms with Crippen LogP contribution in [0.15, 0.2) is 10.2 Å². The van der Waals surface area contributed by atoms with Gasteiger partial charge >= 0.3 is 0 Å². The lowest BCUT2D eigenvalue weighted by molar-refractivity contribution is 0.705. The van der Waals surface area contributed by atoms with Crippen molar-refractivity contribution in [2.75, 3.05) is 0 Å². The van der Waals surface area contributed by atoms with Crippen LogP contribution in [0.3, 0.4) is 0 Å². The molecule has 38 valence electrons. The molecule has 1 N–H and O–H groups in total. The first-order chi connectivity index (χ1) is 3.39. The van der Waals surface area contributed by atoms with Crippen molar-refractivity contribution in [1.82, 2.24) is 9.95 Å². The smallest absolute Gasteiger partial charge is 0.150 e. The molecule has 0 atom stereocenters. The molecule has 4 nitrogen and oxygen atoms in total. The maximum atomic E-state index is 5.26. The van der Waals surface area contributed by atoms with Crippen LogP contribution in [0, 0.1) is 0 Å². The normalized spacial score (nSPS) is 17.0. The second kappa shape index (κ2) is 1.79. The Labute approximate surface area is 45.6 Å². The molecule has 1 aliphatic rings. The number of rotatable bonds is 0. The van der Waals surface area contributed by atoms with Crippen molar-refractivity contribution >= 4 is 24.5 Å². The Morgan fingerprint density at radius 2 is 2.57 bits per heavy atom. The maximum absolute atomic E-state index is 5.26. The third-order valence-corrected chi connectivity index (χ3v) is 0.628. The maximum Gasteiger partial charge on any atom is 0.150 e. The molecule has 0 aromatic rings. The second-order valence-electron chi connectivity index (χ2n) is 0.907. The third kappa shape index (κ3) is 1.04. The molecule has 0 radical (unpaired) electrons. The van der Waals surface area contributed by atoms with Gasteiger partial charge in [0.15, 0.2) is 6.34 Å². The minimum atomic E-state index is 1.08. The molecule has 1 aliphatic heterocycles. The zero-order chi connectivity index (χ0) is 5.11. The minimum Gasteiger partial charge on any atom is -0.264 e.